The number of hydrogen-bond donors (Lipinski definition) is 2. The van der Waals surface area contributed by atoms with E-state index in [0.717, 1.165) is 19.5 Å². The Bertz CT molecular complexity index is 200. The Balaban J connectivity index is 2.51. The van der Waals surface area contributed by atoms with Gasteiger partial charge in [-0.15, -0.1) is 0 Å². The lowest BCUT2D eigenvalue weighted by atomic mass is 9.78. The molecule has 0 aliphatic carbocycles. The van der Waals surface area contributed by atoms with Gasteiger partial charge < -0.3 is 10.8 Å². The van der Waals surface area contributed by atoms with E-state index in [0.29, 0.717) is 5.41 Å². The molecule has 16 heavy (non-hydrogen) atoms. The molecule has 1 aliphatic heterocycles. The molecule has 0 saturated carbocycles. The van der Waals surface area contributed by atoms with Crippen LogP contribution in [0, 0.1) is 5.41 Å². The molecule has 0 amide bonds. The predicted molar refractivity (Wildman–Crippen MR) is 68.3 cm³/mol. The van der Waals surface area contributed by atoms with Crippen LogP contribution >= 0.6 is 0 Å². The molecule has 0 aromatic carbocycles. The summed E-state index contributed by atoms with van der Waals surface area (Å²) in [6.07, 6.45) is 4.66. The minimum absolute atomic E-state index is 0.107. The summed E-state index contributed by atoms with van der Waals surface area (Å²) in [7, 11) is 0. The molecule has 2 atom stereocenters. The van der Waals surface area contributed by atoms with Gasteiger partial charge in [0.25, 0.3) is 0 Å². The van der Waals surface area contributed by atoms with Crippen LogP contribution in [0.4, 0.5) is 0 Å². The topological polar surface area (TPSA) is 49.5 Å². The standard InChI is InChI=1S/C13H28N2O/c1-4-11(14)12(10-16)15-8-6-13(3,5-2)7-9-15/h11-12,16H,4-10,14H2,1-3H3. The molecular weight excluding hydrogens is 200 g/mol. The fourth-order valence-corrected chi connectivity index (χ4v) is 2.54. The highest BCUT2D eigenvalue weighted by Gasteiger charge is 2.32. The van der Waals surface area contributed by atoms with Gasteiger partial charge in [0.15, 0.2) is 0 Å². The fourth-order valence-electron chi connectivity index (χ4n) is 2.54. The smallest absolute Gasteiger partial charge is 0.0601 e. The maximum Gasteiger partial charge on any atom is 0.0601 e. The van der Waals surface area contributed by atoms with Crippen molar-refractivity contribution in [3.05, 3.63) is 0 Å². The lowest BCUT2D eigenvalue weighted by Gasteiger charge is -2.43. The van der Waals surface area contributed by atoms with Crippen molar-refractivity contribution < 1.29 is 5.11 Å². The fraction of sp³-hybridized carbons (Fsp3) is 1.00. The molecule has 1 rings (SSSR count). The van der Waals surface area contributed by atoms with Gasteiger partial charge in [0.05, 0.1) is 6.61 Å². The van der Waals surface area contributed by atoms with Crippen LogP contribution < -0.4 is 5.73 Å². The van der Waals surface area contributed by atoms with E-state index in [1.165, 1.54) is 19.3 Å². The summed E-state index contributed by atoms with van der Waals surface area (Å²) < 4.78 is 0. The lowest BCUT2D eigenvalue weighted by Crippen LogP contribution is -2.53. The van der Waals surface area contributed by atoms with Gasteiger partial charge in [-0.25, -0.2) is 0 Å². The number of piperidine rings is 1. The Morgan fingerprint density at radius 3 is 2.25 bits per heavy atom. The van der Waals surface area contributed by atoms with E-state index in [-0.39, 0.29) is 18.7 Å². The minimum atomic E-state index is 0.107. The number of nitrogens with two attached hydrogens (primary N) is 1. The molecule has 0 bridgehead atoms. The van der Waals surface area contributed by atoms with Crippen LogP contribution in [0.3, 0.4) is 0 Å². The van der Waals surface area contributed by atoms with Crippen molar-refractivity contribution in [3.8, 4) is 0 Å². The van der Waals surface area contributed by atoms with E-state index >= 15 is 0 Å². The monoisotopic (exact) mass is 228 g/mol. The van der Waals surface area contributed by atoms with E-state index in [9.17, 15) is 5.11 Å². The van der Waals surface area contributed by atoms with Gasteiger partial charge in [-0.2, -0.15) is 0 Å². The molecule has 3 N–H and O–H groups in total. The molecule has 3 nitrogen and oxygen atoms in total. The Morgan fingerprint density at radius 1 is 1.31 bits per heavy atom. The molecule has 0 aromatic rings. The van der Waals surface area contributed by atoms with Crippen LogP contribution in [0.15, 0.2) is 0 Å². The number of aliphatic hydroxyl groups is 1. The first-order valence-corrected chi connectivity index (χ1v) is 6.66. The van der Waals surface area contributed by atoms with Crippen molar-refractivity contribution in [2.75, 3.05) is 19.7 Å². The van der Waals surface area contributed by atoms with Crippen molar-refractivity contribution in [1.29, 1.82) is 0 Å². The molecule has 0 radical (unpaired) electrons. The molecule has 1 fully saturated rings. The van der Waals surface area contributed by atoms with Gasteiger partial charge in [0.2, 0.25) is 0 Å². The SMILES string of the molecule is CCC(N)C(CO)N1CCC(C)(CC)CC1. The molecule has 3 heteroatoms. The summed E-state index contributed by atoms with van der Waals surface area (Å²) in [5.41, 5.74) is 6.56. The van der Waals surface area contributed by atoms with E-state index in [1.807, 2.05) is 0 Å². The highest BCUT2D eigenvalue weighted by atomic mass is 16.3. The number of aliphatic hydroxyl groups excluding tert-OH is 1. The third-order valence-corrected chi connectivity index (χ3v) is 4.48. The summed E-state index contributed by atoms with van der Waals surface area (Å²) in [5, 5.41) is 9.45. The first-order chi connectivity index (χ1) is 7.56. The van der Waals surface area contributed by atoms with E-state index in [1.54, 1.807) is 0 Å². The third-order valence-electron chi connectivity index (χ3n) is 4.48. The molecule has 1 saturated heterocycles. The Kier molecular flexibility index (Phi) is 5.22. The normalized spacial score (nSPS) is 25.3. The largest absolute Gasteiger partial charge is 0.395 e. The van der Waals surface area contributed by atoms with E-state index in [4.69, 9.17) is 5.73 Å². The molecule has 2 unspecified atom stereocenters. The summed E-state index contributed by atoms with van der Waals surface area (Å²) >= 11 is 0. The van der Waals surface area contributed by atoms with E-state index < -0.39 is 0 Å². The second-order valence-electron chi connectivity index (χ2n) is 5.52. The molecule has 0 spiro atoms. The minimum Gasteiger partial charge on any atom is -0.395 e. The van der Waals surface area contributed by atoms with Crippen LogP contribution in [0.2, 0.25) is 0 Å². The highest BCUT2D eigenvalue weighted by Crippen LogP contribution is 2.34. The van der Waals surface area contributed by atoms with Crippen molar-refractivity contribution in [1.82, 2.24) is 4.90 Å². The summed E-state index contributed by atoms with van der Waals surface area (Å²) in [5.74, 6) is 0. The van der Waals surface area contributed by atoms with Crippen molar-refractivity contribution in [2.24, 2.45) is 11.1 Å². The summed E-state index contributed by atoms with van der Waals surface area (Å²) in [6.45, 7) is 9.10. The predicted octanol–water partition coefficient (Wildman–Crippen LogP) is 1.60. The molecule has 96 valence electrons. The van der Waals surface area contributed by atoms with Gasteiger partial charge in [0, 0.05) is 12.1 Å². The zero-order valence-corrected chi connectivity index (χ0v) is 11.1. The zero-order valence-electron chi connectivity index (χ0n) is 11.1. The second kappa shape index (κ2) is 5.99. The molecule has 0 aromatic heterocycles. The third kappa shape index (κ3) is 3.19. The second-order valence-corrected chi connectivity index (χ2v) is 5.52. The van der Waals surface area contributed by atoms with Crippen LogP contribution in [0.25, 0.3) is 0 Å². The van der Waals surface area contributed by atoms with E-state index in [2.05, 4.69) is 25.7 Å². The van der Waals surface area contributed by atoms with Gasteiger partial charge >= 0.3 is 0 Å². The quantitative estimate of drug-likeness (QED) is 0.751. The number of nitrogens with zero attached hydrogens (tertiary/aromatic N) is 1. The first-order valence-electron chi connectivity index (χ1n) is 6.66. The highest BCUT2D eigenvalue weighted by molar-refractivity contribution is 4.88. The summed E-state index contributed by atoms with van der Waals surface area (Å²) in [6, 6.07) is 0.266. The maximum absolute atomic E-state index is 9.45. The van der Waals surface area contributed by atoms with Crippen LogP contribution in [-0.2, 0) is 0 Å². The Morgan fingerprint density at radius 2 is 1.88 bits per heavy atom. The van der Waals surface area contributed by atoms with Crippen LogP contribution in [0.5, 0.6) is 0 Å². The van der Waals surface area contributed by atoms with Crippen LogP contribution in [-0.4, -0.2) is 41.8 Å². The molecular formula is C13H28N2O. The van der Waals surface area contributed by atoms with Crippen molar-refractivity contribution in [2.45, 2.75) is 58.5 Å². The molecule has 1 aliphatic rings. The number of hydrogen-bond acceptors (Lipinski definition) is 3. The van der Waals surface area contributed by atoms with Crippen molar-refractivity contribution >= 4 is 0 Å². The first kappa shape index (κ1) is 13.9. The van der Waals surface area contributed by atoms with Crippen LogP contribution in [0.1, 0.15) is 46.5 Å². The zero-order chi connectivity index (χ0) is 12.2. The summed E-state index contributed by atoms with van der Waals surface area (Å²) in [4.78, 5) is 2.38. The van der Waals surface area contributed by atoms with Crippen molar-refractivity contribution in [3.63, 3.8) is 0 Å². The Labute approximate surface area is 100 Å². The maximum atomic E-state index is 9.45. The Hall–Kier alpha value is -0.120. The average molecular weight is 228 g/mol. The van der Waals surface area contributed by atoms with Gasteiger partial charge in [-0.3, -0.25) is 4.90 Å². The van der Waals surface area contributed by atoms with Gasteiger partial charge in [-0.1, -0.05) is 27.2 Å². The average Bonchev–Trinajstić information content (AvgIpc) is 2.32. The van der Waals surface area contributed by atoms with Gasteiger partial charge in [0.1, 0.15) is 0 Å². The van der Waals surface area contributed by atoms with Gasteiger partial charge in [-0.05, 0) is 37.8 Å². The number of rotatable bonds is 5. The number of likely N-dealkylation sites (tertiary alicyclic amines) is 1. The molecule has 1 heterocycles. The lowest BCUT2D eigenvalue weighted by molar-refractivity contribution is 0.0421.